The van der Waals surface area contributed by atoms with Crippen LogP contribution in [0.3, 0.4) is 0 Å². The smallest absolute Gasteiger partial charge is 0.316 e. The van der Waals surface area contributed by atoms with Crippen molar-refractivity contribution in [1.82, 2.24) is 4.98 Å². The third-order valence-corrected chi connectivity index (χ3v) is 7.38. The van der Waals surface area contributed by atoms with Gasteiger partial charge in [0.2, 0.25) is 0 Å². The van der Waals surface area contributed by atoms with E-state index in [1.807, 2.05) is 19.1 Å². The number of rotatable bonds is 10. The fourth-order valence-corrected chi connectivity index (χ4v) is 5.06. The van der Waals surface area contributed by atoms with Gasteiger partial charge in [0.05, 0.1) is 18.1 Å². The first kappa shape index (κ1) is 24.9. The second-order valence-corrected chi connectivity index (χ2v) is 9.81. The molecule has 3 aromatic carbocycles. The number of aromatic nitrogens is 1. The lowest BCUT2D eigenvalue weighted by Crippen LogP contribution is -2.23. The van der Waals surface area contributed by atoms with Gasteiger partial charge >= 0.3 is 5.97 Å². The molecule has 1 unspecified atom stereocenters. The fraction of sp³-hybridized carbons (Fsp3) is 0.273. The summed E-state index contributed by atoms with van der Waals surface area (Å²) in [5, 5.41) is 11.0. The Morgan fingerprint density at radius 1 is 0.919 bits per heavy atom. The van der Waals surface area contributed by atoms with Crippen molar-refractivity contribution < 1.29 is 14.6 Å². The summed E-state index contributed by atoms with van der Waals surface area (Å²) in [4.78, 5) is 16.7. The number of pyridine rings is 1. The summed E-state index contributed by atoms with van der Waals surface area (Å²) in [5.74, 6) is -0.109. The molecule has 0 saturated heterocycles. The van der Waals surface area contributed by atoms with Crippen molar-refractivity contribution in [2.45, 2.75) is 50.5 Å². The minimum absolute atomic E-state index is 0.109. The van der Waals surface area contributed by atoms with Crippen LogP contribution in [0.2, 0.25) is 0 Å². The lowest BCUT2D eigenvalue weighted by Gasteiger charge is -2.16. The van der Waals surface area contributed by atoms with Crippen LogP contribution in [-0.4, -0.2) is 22.7 Å². The average Bonchev–Trinajstić information content (AvgIpc) is 3.76. The number of aliphatic hydroxyl groups is 1. The third-order valence-electron chi connectivity index (χ3n) is 7.38. The van der Waals surface area contributed by atoms with Crippen molar-refractivity contribution in [2.24, 2.45) is 0 Å². The number of hydrogen-bond acceptors (Lipinski definition) is 4. The van der Waals surface area contributed by atoms with Crippen LogP contribution in [0.25, 0.3) is 22.3 Å². The maximum absolute atomic E-state index is 12.4. The molecule has 1 fully saturated rings. The second-order valence-electron chi connectivity index (χ2n) is 9.81. The summed E-state index contributed by atoms with van der Waals surface area (Å²) in [6.45, 7) is 2.26. The van der Waals surface area contributed by atoms with Crippen molar-refractivity contribution in [3.05, 3.63) is 114 Å². The molecule has 1 atom stereocenters. The second kappa shape index (κ2) is 11.1. The van der Waals surface area contributed by atoms with E-state index in [-0.39, 0.29) is 5.97 Å². The van der Waals surface area contributed by atoms with Gasteiger partial charge in [-0.25, -0.2) is 0 Å². The largest absolute Gasteiger partial charge is 0.465 e. The molecular weight excluding hydrogens is 458 g/mol. The standard InChI is InChI=1S/C33H33NO3/c1-2-37-32(36)33(20-21-33)28-17-15-26(16-18-28)25-11-13-27(14-12-25)29-19-22-34-23-30(29)31(35)10-6-9-24-7-4-3-5-8-24/h3-5,7-8,11-19,22-23,31,35H,2,6,9-10,20-21H2,1H3. The monoisotopic (exact) mass is 491 g/mol. The van der Waals surface area contributed by atoms with E-state index in [2.05, 4.69) is 77.8 Å². The van der Waals surface area contributed by atoms with Gasteiger partial charge in [-0.15, -0.1) is 0 Å². The Balaban J connectivity index is 1.28. The molecule has 0 bridgehead atoms. The Morgan fingerprint density at radius 3 is 2.22 bits per heavy atom. The first-order valence-corrected chi connectivity index (χ1v) is 13.2. The minimum atomic E-state index is -0.561. The zero-order valence-electron chi connectivity index (χ0n) is 21.3. The SMILES string of the molecule is CCOC(=O)C1(c2ccc(-c3ccc(-c4ccncc4C(O)CCCc4ccccc4)cc3)cc2)CC1. The van der Waals surface area contributed by atoms with Crippen molar-refractivity contribution in [2.75, 3.05) is 6.61 Å². The van der Waals surface area contributed by atoms with Crippen LogP contribution in [-0.2, 0) is 21.4 Å². The maximum Gasteiger partial charge on any atom is 0.316 e. The zero-order chi connectivity index (χ0) is 25.7. The summed E-state index contributed by atoms with van der Waals surface area (Å²) in [7, 11) is 0. The predicted octanol–water partition coefficient (Wildman–Crippen LogP) is 7.07. The fourth-order valence-electron chi connectivity index (χ4n) is 5.06. The van der Waals surface area contributed by atoms with Crippen LogP contribution in [0.1, 0.15) is 55.4 Å². The number of benzene rings is 3. The van der Waals surface area contributed by atoms with Crippen LogP contribution in [0.15, 0.2) is 97.3 Å². The molecule has 1 aliphatic rings. The Hall–Kier alpha value is -3.76. The molecule has 0 spiro atoms. The molecule has 1 saturated carbocycles. The highest BCUT2D eigenvalue weighted by Gasteiger charge is 2.52. The average molecular weight is 492 g/mol. The van der Waals surface area contributed by atoms with Crippen LogP contribution in [0, 0.1) is 0 Å². The van der Waals surface area contributed by atoms with Gasteiger partial charge in [0, 0.05) is 18.0 Å². The van der Waals surface area contributed by atoms with Crippen LogP contribution in [0.4, 0.5) is 0 Å². The Kier molecular flexibility index (Phi) is 7.47. The first-order valence-electron chi connectivity index (χ1n) is 13.2. The first-order chi connectivity index (χ1) is 18.1. The van der Waals surface area contributed by atoms with E-state index in [4.69, 9.17) is 4.74 Å². The normalized spacial score (nSPS) is 14.6. The van der Waals surface area contributed by atoms with Crippen molar-refractivity contribution in [3.8, 4) is 22.3 Å². The van der Waals surface area contributed by atoms with Gasteiger partial charge < -0.3 is 9.84 Å². The Morgan fingerprint density at radius 2 is 1.57 bits per heavy atom. The molecule has 4 heteroatoms. The van der Waals surface area contributed by atoms with Gasteiger partial charge in [-0.3, -0.25) is 9.78 Å². The molecule has 0 radical (unpaired) electrons. The topological polar surface area (TPSA) is 59.4 Å². The number of hydrogen-bond donors (Lipinski definition) is 1. The molecule has 1 aliphatic carbocycles. The van der Waals surface area contributed by atoms with Crippen LogP contribution >= 0.6 is 0 Å². The lowest BCUT2D eigenvalue weighted by molar-refractivity contribution is -0.146. The number of carbonyl (C=O) groups is 1. The summed E-state index contributed by atoms with van der Waals surface area (Å²) in [5.41, 5.74) is 7.01. The van der Waals surface area contributed by atoms with E-state index in [1.165, 1.54) is 5.56 Å². The molecule has 37 heavy (non-hydrogen) atoms. The molecule has 4 aromatic rings. The minimum Gasteiger partial charge on any atom is -0.465 e. The molecule has 5 rings (SSSR count). The highest BCUT2D eigenvalue weighted by molar-refractivity contribution is 5.87. The van der Waals surface area contributed by atoms with Gasteiger partial charge in [0.15, 0.2) is 0 Å². The van der Waals surface area contributed by atoms with Crippen molar-refractivity contribution >= 4 is 5.97 Å². The van der Waals surface area contributed by atoms with E-state index >= 15 is 0 Å². The molecule has 0 aliphatic heterocycles. The van der Waals surface area contributed by atoms with Crippen LogP contribution in [0.5, 0.6) is 0 Å². The van der Waals surface area contributed by atoms with E-state index in [9.17, 15) is 9.90 Å². The van der Waals surface area contributed by atoms with Crippen LogP contribution < -0.4 is 0 Å². The highest BCUT2D eigenvalue weighted by Crippen LogP contribution is 2.49. The number of aliphatic hydroxyl groups excluding tert-OH is 1. The van der Waals surface area contributed by atoms with Gasteiger partial charge in [-0.2, -0.15) is 0 Å². The Labute approximate surface area is 219 Å². The zero-order valence-corrected chi connectivity index (χ0v) is 21.3. The summed E-state index contributed by atoms with van der Waals surface area (Å²) < 4.78 is 5.30. The van der Waals surface area contributed by atoms with Gasteiger partial charge in [-0.05, 0) is 78.5 Å². The molecule has 4 nitrogen and oxygen atoms in total. The van der Waals surface area contributed by atoms with E-state index in [0.717, 1.165) is 59.1 Å². The summed E-state index contributed by atoms with van der Waals surface area (Å²) in [6.07, 6.45) is 7.25. The number of ether oxygens (including phenoxy) is 1. The predicted molar refractivity (Wildman–Crippen MR) is 147 cm³/mol. The van der Waals surface area contributed by atoms with Gasteiger partial charge in [-0.1, -0.05) is 78.9 Å². The summed E-state index contributed by atoms with van der Waals surface area (Å²) in [6, 6.07) is 29.0. The molecule has 1 heterocycles. The quantitative estimate of drug-likeness (QED) is 0.241. The summed E-state index contributed by atoms with van der Waals surface area (Å²) >= 11 is 0. The van der Waals surface area contributed by atoms with Gasteiger partial charge in [0.25, 0.3) is 0 Å². The lowest BCUT2D eigenvalue weighted by atomic mass is 9.92. The number of aryl methyl sites for hydroxylation is 1. The molecule has 1 aromatic heterocycles. The third kappa shape index (κ3) is 5.50. The van der Waals surface area contributed by atoms with Crippen molar-refractivity contribution in [3.63, 3.8) is 0 Å². The molecular formula is C33H33NO3. The number of esters is 1. The highest BCUT2D eigenvalue weighted by atomic mass is 16.5. The number of nitrogens with zero attached hydrogens (tertiary/aromatic N) is 1. The van der Waals surface area contributed by atoms with Crippen molar-refractivity contribution in [1.29, 1.82) is 0 Å². The van der Waals surface area contributed by atoms with E-state index in [1.54, 1.807) is 12.4 Å². The molecule has 188 valence electrons. The van der Waals surface area contributed by atoms with Gasteiger partial charge in [0.1, 0.15) is 0 Å². The van der Waals surface area contributed by atoms with E-state index < -0.39 is 11.5 Å². The number of carbonyl (C=O) groups excluding carboxylic acids is 1. The maximum atomic E-state index is 12.4. The van der Waals surface area contributed by atoms with E-state index in [0.29, 0.717) is 13.0 Å². The molecule has 1 N–H and O–H groups in total. The Bertz CT molecular complexity index is 1330. The molecule has 0 amide bonds.